The first-order valence-electron chi connectivity index (χ1n) is 9.34. The molecule has 2 N–H and O–H groups in total. The summed E-state index contributed by atoms with van der Waals surface area (Å²) >= 11 is 0. The lowest BCUT2D eigenvalue weighted by atomic mass is 10.1. The van der Waals surface area contributed by atoms with Gasteiger partial charge >= 0.3 is 0 Å². The highest BCUT2D eigenvalue weighted by Gasteiger charge is 2.14. The maximum Gasteiger partial charge on any atom is 0.262 e. The van der Waals surface area contributed by atoms with Crippen molar-refractivity contribution in [1.82, 2.24) is 5.43 Å². The predicted octanol–water partition coefficient (Wildman–Crippen LogP) is 4.20. The van der Waals surface area contributed by atoms with E-state index in [0.29, 0.717) is 17.2 Å². The predicted molar refractivity (Wildman–Crippen MR) is 117 cm³/mol. The van der Waals surface area contributed by atoms with Crippen LogP contribution in [0.4, 0.5) is 5.69 Å². The van der Waals surface area contributed by atoms with Gasteiger partial charge in [-0.1, -0.05) is 36.4 Å². The molecule has 3 aromatic carbocycles. The highest BCUT2D eigenvalue weighted by atomic mass is 16.5. The number of ether oxygens (including phenoxy) is 2. The number of rotatable bonds is 7. The second kappa shape index (κ2) is 9.10. The molecule has 6 heteroatoms. The van der Waals surface area contributed by atoms with Crippen molar-refractivity contribution in [3.8, 4) is 11.5 Å². The van der Waals surface area contributed by atoms with Crippen LogP contribution in [0.5, 0.6) is 11.5 Å². The van der Waals surface area contributed by atoms with Crippen molar-refractivity contribution < 1.29 is 14.3 Å². The van der Waals surface area contributed by atoms with Gasteiger partial charge in [0.15, 0.2) is 0 Å². The molecule has 0 saturated heterocycles. The molecule has 0 bridgehead atoms. The molecule has 0 unspecified atom stereocenters. The van der Waals surface area contributed by atoms with E-state index in [0.717, 1.165) is 22.0 Å². The van der Waals surface area contributed by atoms with Crippen molar-refractivity contribution in [1.29, 1.82) is 0 Å². The van der Waals surface area contributed by atoms with Crippen LogP contribution in [-0.2, 0) is 4.79 Å². The highest BCUT2D eigenvalue weighted by Crippen LogP contribution is 2.25. The third-order valence-electron chi connectivity index (χ3n) is 4.69. The van der Waals surface area contributed by atoms with E-state index in [1.807, 2.05) is 61.5 Å². The number of hydrazone groups is 1. The number of carbonyl (C=O) groups is 1. The van der Waals surface area contributed by atoms with Gasteiger partial charge in [-0.15, -0.1) is 0 Å². The summed E-state index contributed by atoms with van der Waals surface area (Å²) in [6, 6.07) is 19.0. The zero-order chi connectivity index (χ0) is 20.8. The van der Waals surface area contributed by atoms with Crippen LogP contribution in [0.15, 0.2) is 65.8 Å². The quantitative estimate of drug-likeness (QED) is 0.468. The van der Waals surface area contributed by atoms with Crippen LogP contribution >= 0.6 is 0 Å². The minimum absolute atomic E-state index is 0.232. The summed E-state index contributed by atoms with van der Waals surface area (Å²) in [5.41, 5.74) is 4.95. The molecule has 1 atom stereocenters. The molecule has 0 radical (unpaired) electrons. The lowest BCUT2D eigenvalue weighted by molar-refractivity contribution is -0.121. The van der Waals surface area contributed by atoms with Gasteiger partial charge in [-0.05, 0) is 37.4 Å². The molecule has 0 spiro atoms. The lowest BCUT2D eigenvalue weighted by Crippen LogP contribution is -2.35. The number of nitrogens with zero attached hydrogens (tertiary/aromatic N) is 1. The number of anilines is 1. The average Bonchev–Trinajstić information content (AvgIpc) is 2.76. The molecule has 29 heavy (non-hydrogen) atoms. The molecule has 1 amide bonds. The van der Waals surface area contributed by atoms with Gasteiger partial charge in [0, 0.05) is 22.7 Å². The van der Waals surface area contributed by atoms with Crippen LogP contribution in [0.2, 0.25) is 0 Å². The molecule has 150 valence electrons. The lowest BCUT2D eigenvalue weighted by Gasteiger charge is -2.16. The van der Waals surface area contributed by atoms with Crippen LogP contribution in [0, 0.1) is 0 Å². The number of amides is 1. The Bertz CT molecular complexity index is 1040. The Labute approximate surface area is 170 Å². The molecule has 0 heterocycles. The summed E-state index contributed by atoms with van der Waals surface area (Å²) in [6.45, 7) is 3.61. The first-order valence-corrected chi connectivity index (χ1v) is 9.34. The normalized spacial score (nSPS) is 12.3. The van der Waals surface area contributed by atoms with Crippen LogP contribution < -0.4 is 20.2 Å². The zero-order valence-corrected chi connectivity index (χ0v) is 17.0. The van der Waals surface area contributed by atoms with Gasteiger partial charge < -0.3 is 14.8 Å². The molecule has 0 aliphatic rings. The number of methoxy groups -OCH3 is 2. The molecule has 0 saturated carbocycles. The highest BCUT2D eigenvalue weighted by molar-refractivity contribution is 6.02. The second-order valence-electron chi connectivity index (χ2n) is 6.63. The summed E-state index contributed by atoms with van der Waals surface area (Å²) in [7, 11) is 3.18. The Balaban J connectivity index is 1.71. The van der Waals surface area contributed by atoms with E-state index < -0.39 is 6.04 Å². The van der Waals surface area contributed by atoms with Crippen molar-refractivity contribution in [3.63, 3.8) is 0 Å². The molecule has 0 aliphatic carbocycles. The number of hydrogen-bond acceptors (Lipinski definition) is 5. The van der Waals surface area contributed by atoms with Gasteiger partial charge in [0.05, 0.1) is 19.9 Å². The SMILES string of the molecule is COc1ccc(C(C)=NNC(=O)[C@H](C)Nc2cccc3ccccc23)c(OC)c1. The Morgan fingerprint density at radius 2 is 1.76 bits per heavy atom. The van der Waals surface area contributed by atoms with E-state index in [9.17, 15) is 4.79 Å². The number of nitrogens with one attached hydrogen (secondary N) is 2. The fraction of sp³-hybridized carbons (Fsp3) is 0.217. The number of fused-ring (bicyclic) bond motifs is 1. The summed E-state index contributed by atoms with van der Waals surface area (Å²) in [6.07, 6.45) is 0. The molecule has 3 aromatic rings. The van der Waals surface area contributed by atoms with Gasteiger partial charge in [-0.2, -0.15) is 5.10 Å². The van der Waals surface area contributed by atoms with Crippen LogP contribution in [0.25, 0.3) is 10.8 Å². The summed E-state index contributed by atoms with van der Waals surface area (Å²) in [5, 5.41) is 9.69. The van der Waals surface area contributed by atoms with Crippen molar-refractivity contribution in [2.45, 2.75) is 19.9 Å². The van der Waals surface area contributed by atoms with Crippen molar-refractivity contribution >= 4 is 28.1 Å². The fourth-order valence-corrected chi connectivity index (χ4v) is 3.04. The zero-order valence-electron chi connectivity index (χ0n) is 17.0. The topological polar surface area (TPSA) is 72.0 Å². The molecular weight excluding hydrogens is 366 g/mol. The number of benzene rings is 3. The van der Waals surface area contributed by atoms with Gasteiger partial charge in [0.2, 0.25) is 0 Å². The standard InChI is InChI=1S/C23H25N3O3/c1-15(19-13-12-18(28-3)14-22(19)29-4)25-26-23(27)16(2)24-21-11-7-9-17-8-5-6-10-20(17)21/h5-14,16,24H,1-4H3,(H,26,27)/t16-/m0/s1. The van der Waals surface area contributed by atoms with Crippen LogP contribution in [0.3, 0.4) is 0 Å². The largest absolute Gasteiger partial charge is 0.497 e. The van der Waals surface area contributed by atoms with Gasteiger partial charge in [-0.3, -0.25) is 4.79 Å². The van der Waals surface area contributed by atoms with Crippen molar-refractivity contribution in [2.24, 2.45) is 5.10 Å². The third kappa shape index (κ3) is 4.66. The van der Waals surface area contributed by atoms with Gasteiger partial charge in [-0.25, -0.2) is 5.43 Å². The van der Waals surface area contributed by atoms with E-state index in [1.165, 1.54) is 0 Å². The monoisotopic (exact) mass is 391 g/mol. The second-order valence-corrected chi connectivity index (χ2v) is 6.63. The molecule has 0 aliphatic heterocycles. The Morgan fingerprint density at radius 1 is 1.00 bits per heavy atom. The van der Waals surface area contributed by atoms with Crippen LogP contribution in [0.1, 0.15) is 19.4 Å². The summed E-state index contributed by atoms with van der Waals surface area (Å²) in [5.74, 6) is 1.09. The first kappa shape index (κ1) is 20.2. The van der Waals surface area contributed by atoms with Crippen LogP contribution in [-0.4, -0.2) is 31.9 Å². The molecule has 6 nitrogen and oxygen atoms in total. The molecular formula is C23H25N3O3. The Hall–Kier alpha value is -3.54. The fourth-order valence-electron chi connectivity index (χ4n) is 3.04. The van der Waals surface area contributed by atoms with E-state index in [2.05, 4.69) is 15.8 Å². The minimum Gasteiger partial charge on any atom is -0.497 e. The van der Waals surface area contributed by atoms with E-state index in [4.69, 9.17) is 9.47 Å². The Kier molecular flexibility index (Phi) is 6.34. The van der Waals surface area contributed by atoms with Gasteiger partial charge in [0.25, 0.3) is 5.91 Å². The van der Waals surface area contributed by atoms with Crippen molar-refractivity contribution in [2.75, 3.05) is 19.5 Å². The molecule has 0 aromatic heterocycles. The first-order chi connectivity index (χ1) is 14.0. The van der Waals surface area contributed by atoms with E-state index in [-0.39, 0.29) is 5.91 Å². The Morgan fingerprint density at radius 3 is 2.52 bits per heavy atom. The average molecular weight is 391 g/mol. The molecule has 3 rings (SSSR count). The maximum atomic E-state index is 12.5. The minimum atomic E-state index is -0.463. The number of carbonyl (C=O) groups excluding carboxylic acids is 1. The smallest absolute Gasteiger partial charge is 0.262 e. The van der Waals surface area contributed by atoms with E-state index in [1.54, 1.807) is 27.2 Å². The summed E-state index contributed by atoms with van der Waals surface area (Å²) in [4.78, 5) is 12.5. The molecule has 0 fully saturated rings. The van der Waals surface area contributed by atoms with Crippen molar-refractivity contribution in [3.05, 3.63) is 66.2 Å². The number of hydrogen-bond donors (Lipinski definition) is 2. The maximum absolute atomic E-state index is 12.5. The van der Waals surface area contributed by atoms with Gasteiger partial charge in [0.1, 0.15) is 17.5 Å². The van der Waals surface area contributed by atoms with E-state index >= 15 is 0 Å². The summed E-state index contributed by atoms with van der Waals surface area (Å²) < 4.78 is 10.6. The third-order valence-corrected chi connectivity index (χ3v) is 4.69.